The maximum absolute atomic E-state index is 9.86. The molecule has 35 valence electrons. The van der Waals surface area contributed by atoms with Crippen molar-refractivity contribution in [2.45, 2.75) is 6.92 Å². The van der Waals surface area contributed by atoms with Gasteiger partial charge in [-0.3, -0.25) is 4.79 Å². The fourth-order valence-electron chi connectivity index (χ4n) is 0.0974. The van der Waals surface area contributed by atoms with Crippen LogP contribution in [-0.2, 0) is 9.53 Å². The second-order valence-corrected chi connectivity index (χ2v) is 1.07. The summed E-state index contributed by atoms with van der Waals surface area (Å²) in [4.78, 5) is 9.86. The van der Waals surface area contributed by atoms with Crippen molar-refractivity contribution in [1.29, 1.82) is 0 Å². The van der Waals surface area contributed by atoms with Crippen LogP contribution in [0.25, 0.3) is 0 Å². The Balaban J connectivity index is 3.26. The molecule has 0 aromatic heterocycles. The largest absolute Gasteiger partial charge is 0.373 e. The summed E-state index contributed by atoms with van der Waals surface area (Å²) in [7, 11) is 2.78. The van der Waals surface area contributed by atoms with Gasteiger partial charge in [0.1, 0.15) is 6.11 Å². The summed E-state index contributed by atoms with van der Waals surface area (Å²) in [5.41, 5.74) is 2.21. The van der Waals surface area contributed by atoms with Gasteiger partial charge >= 0.3 is 5.97 Å². The van der Waals surface area contributed by atoms with Gasteiger partial charge in [0.05, 0.1) is 0 Å². The Bertz CT molecular complexity index is 119. The second-order valence-electron chi connectivity index (χ2n) is 0.821. The van der Waals surface area contributed by atoms with Crippen molar-refractivity contribution < 1.29 is 9.53 Å². The Kier molecular flexibility index (Phi) is 3.07. The van der Waals surface area contributed by atoms with Gasteiger partial charge in [0, 0.05) is 6.92 Å². The summed E-state index contributed by atoms with van der Waals surface area (Å²) in [6.07, 6.45) is 2.06. The highest BCUT2D eigenvalue weighted by molar-refractivity contribution is 6.22. The summed E-state index contributed by atoms with van der Waals surface area (Å²) in [5, 5.41) is 0. The van der Waals surface area contributed by atoms with Crippen molar-refractivity contribution in [1.82, 2.24) is 0 Å². The van der Waals surface area contributed by atoms with Crippen molar-refractivity contribution in [2.24, 2.45) is 0 Å². The monoisotopic (exact) mass is 111 g/mol. The average Bonchev–Trinajstić information content (AvgIpc) is 1.61. The molecule has 0 bridgehead atoms. The Morgan fingerprint density at radius 2 is 2.43 bits per heavy atom. The van der Waals surface area contributed by atoms with Crippen molar-refractivity contribution in [3.63, 3.8) is 0 Å². The summed E-state index contributed by atoms with van der Waals surface area (Å²) in [6.45, 7) is 1.29. The first kappa shape index (κ1) is 6.25. The Hall–Kier alpha value is -0.753. The first-order valence-electron chi connectivity index (χ1n) is 1.61. The molecule has 0 aliphatic rings. The third kappa shape index (κ3) is 5.25. The lowest BCUT2D eigenvalue weighted by Crippen LogP contribution is -1.89. The van der Waals surface area contributed by atoms with E-state index >= 15 is 0 Å². The number of carbonyl (C=O) groups excluding carboxylic acids is 1. The van der Waals surface area contributed by atoms with Gasteiger partial charge in [-0.05, 0) is 0 Å². The Morgan fingerprint density at radius 1 is 1.86 bits per heavy atom. The summed E-state index contributed by atoms with van der Waals surface area (Å²) in [5.74, 6) is -0.397. The lowest BCUT2D eigenvalue weighted by Gasteiger charge is -1.79. The van der Waals surface area contributed by atoms with Gasteiger partial charge < -0.3 is 4.74 Å². The number of carbonyl (C=O) groups is 1. The Labute approximate surface area is 45.3 Å². The highest BCUT2D eigenvalue weighted by Crippen LogP contribution is 1.66. The first-order valence-corrected chi connectivity index (χ1v) is 2.11. The van der Waals surface area contributed by atoms with Crippen molar-refractivity contribution in [3.05, 3.63) is 0 Å². The molecule has 0 saturated heterocycles. The van der Waals surface area contributed by atoms with Crippen molar-refractivity contribution in [3.8, 4) is 11.7 Å². The van der Waals surface area contributed by atoms with Crippen LogP contribution in [0.2, 0.25) is 0 Å². The molecular formula is C4H3O2Si. The van der Waals surface area contributed by atoms with E-state index in [1.54, 1.807) is 0 Å². The Morgan fingerprint density at radius 3 is 2.57 bits per heavy atom. The summed E-state index contributed by atoms with van der Waals surface area (Å²) >= 11 is 0. The minimum Gasteiger partial charge on any atom is -0.373 e. The maximum Gasteiger partial charge on any atom is 0.316 e. The van der Waals surface area contributed by atoms with Crippen LogP contribution >= 0.6 is 0 Å². The molecule has 0 spiro atoms. The van der Waals surface area contributed by atoms with Gasteiger partial charge in [-0.25, -0.2) is 0 Å². The van der Waals surface area contributed by atoms with Gasteiger partial charge in [0.2, 0.25) is 0 Å². The minimum absolute atomic E-state index is 0.397. The van der Waals surface area contributed by atoms with E-state index in [1.807, 2.05) is 0 Å². The van der Waals surface area contributed by atoms with E-state index in [2.05, 4.69) is 26.6 Å². The number of hydrogen-bond donors (Lipinski definition) is 0. The fourth-order valence-corrected chi connectivity index (χ4v) is 0.148. The molecule has 0 aliphatic carbocycles. The van der Waals surface area contributed by atoms with Crippen LogP contribution < -0.4 is 0 Å². The molecule has 0 aromatic carbocycles. The predicted octanol–water partition coefficient (Wildman–Crippen LogP) is -0.364. The van der Waals surface area contributed by atoms with E-state index in [1.165, 1.54) is 6.92 Å². The van der Waals surface area contributed by atoms with Gasteiger partial charge in [-0.15, -0.1) is 0 Å². The van der Waals surface area contributed by atoms with Crippen LogP contribution in [0.15, 0.2) is 0 Å². The van der Waals surface area contributed by atoms with Crippen molar-refractivity contribution in [2.75, 3.05) is 0 Å². The molecule has 0 fully saturated rings. The molecule has 0 atom stereocenters. The quantitative estimate of drug-likeness (QED) is 0.242. The molecule has 0 amide bonds. The molecule has 7 heavy (non-hydrogen) atoms. The molecule has 0 aromatic rings. The van der Waals surface area contributed by atoms with Gasteiger partial charge in [-0.1, -0.05) is 5.54 Å². The minimum atomic E-state index is -0.397. The molecule has 0 rings (SSSR count). The van der Waals surface area contributed by atoms with E-state index in [0.29, 0.717) is 0 Å². The van der Waals surface area contributed by atoms with Gasteiger partial charge in [0.15, 0.2) is 10.2 Å². The molecule has 0 unspecified atom stereocenters. The van der Waals surface area contributed by atoms with E-state index in [0.717, 1.165) is 0 Å². The fraction of sp³-hybridized carbons (Fsp3) is 0.250. The molecule has 2 nitrogen and oxygen atoms in total. The third-order valence-electron chi connectivity index (χ3n) is 0.246. The smallest absolute Gasteiger partial charge is 0.316 e. The van der Waals surface area contributed by atoms with Crippen LogP contribution in [0.5, 0.6) is 0 Å². The van der Waals surface area contributed by atoms with E-state index in [9.17, 15) is 4.79 Å². The zero-order valence-corrected chi connectivity index (χ0v) is 4.82. The molecule has 0 saturated carbocycles. The standard InChI is InChI=1S/C4H3O2Si/c1-4(5)6-2-3-7/h1H3. The molecule has 0 N–H and O–H groups in total. The molecule has 0 heterocycles. The molecular weight excluding hydrogens is 108 g/mol. The number of esters is 1. The van der Waals surface area contributed by atoms with Crippen LogP contribution in [0, 0.1) is 11.7 Å². The second kappa shape index (κ2) is 3.44. The summed E-state index contributed by atoms with van der Waals surface area (Å²) < 4.78 is 4.14. The predicted molar refractivity (Wildman–Crippen MR) is 25.3 cm³/mol. The molecule has 3 heteroatoms. The normalized spacial score (nSPS) is 6.00. The highest BCUT2D eigenvalue weighted by Gasteiger charge is 1.80. The SMILES string of the molecule is CC(=O)OC#C[Si]. The number of hydrogen-bond acceptors (Lipinski definition) is 2. The van der Waals surface area contributed by atoms with Gasteiger partial charge in [0.25, 0.3) is 0 Å². The first-order chi connectivity index (χ1) is 3.27. The summed E-state index contributed by atoms with van der Waals surface area (Å²) in [6, 6.07) is 0. The molecule has 3 radical (unpaired) electrons. The van der Waals surface area contributed by atoms with E-state index < -0.39 is 5.97 Å². The maximum atomic E-state index is 9.86. The van der Waals surface area contributed by atoms with Crippen LogP contribution in [-0.4, -0.2) is 16.2 Å². The lowest BCUT2D eigenvalue weighted by atomic mass is 10.8. The van der Waals surface area contributed by atoms with Crippen LogP contribution in [0.3, 0.4) is 0 Å². The van der Waals surface area contributed by atoms with Crippen LogP contribution in [0.1, 0.15) is 6.92 Å². The molecule has 0 aliphatic heterocycles. The number of ether oxygens (including phenoxy) is 1. The van der Waals surface area contributed by atoms with Gasteiger partial charge in [-0.2, -0.15) is 0 Å². The zero-order chi connectivity index (χ0) is 5.70. The highest BCUT2D eigenvalue weighted by atomic mass is 28.1. The van der Waals surface area contributed by atoms with E-state index in [4.69, 9.17) is 0 Å². The third-order valence-corrected chi connectivity index (χ3v) is 0.348. The average molecular weight is 111 g/mol. The number of rotatable bonds is 0. The van der Waals surface area contributed by atoms with Crippen molar-refractivity contribution >= 4 is 16.2 Å². The lowest BCUT2D eigenvalue weighted by molar-refractivity contribution is -0.134. The zero-order valence-electron chi connectivity index (χ0n) is 3.82. The topological polar surface area (TPSA) is 26.3 Å². The van der Waals surface area contributed by atoms with Crippen LogP contribution in [0.4, 0.5) is 0 Å². The van der Waals surface area contributed by atoms with E-state index in [-0.39, 0.29) is 0 Å².